The molecule has 2 fully saturated rings. The number of methoxy groups -OCH3 is 1. The fourth-order valence-electron chi connectivity index (χ4n) is 3.24. The van der Waals surface area contributed by atoms with Crippen LogP contribution in [0.15, 0.2) is 29.2 Å². The highest BCUT2D eigenvalue weighted by atomic mass is 32.2. The van der Waals surface area contributed by atoms with E-state index < -0.39 is 0 Å². The van der Waals surface area contributed by atoms with Crippen LogP contribution in [0.5, 0.6) is 5.75 Å². The monoisotopic (exact) mass is 307 g/mol. The van der Waals surface area contributed by atoms with Crippen LogP contribution < -0.4 is 10.1 Å². The highest BCUT2D eigenvalue weighted by Crippen LogP contribution is 2.40. The van der Waals surface area contributed by atoms with Crippen molar-refractivity contribution in [2.75, 3.05) is 13.7 Å². The fourth-order valence-corrected chi connectivity index (χ4v) is 4.60. The molecular formula is C17H25NO2S. The van der Waals surface area contributed by atoms with Gasteiger partial charge in [0.1, 0.15) is 5.75 Å². The number of aliphatic hydroxyl groups excluding tert-OH is 1. The molecule has 2 saturated carbocycles. The van der Waals surface area contributed by atoms with Crippen LogP contribution in [-0.4, -0.2) is 35.7 Å². The van der Waals surface area contributed by atoms with E-state index >= 15 is 0 Å². The highest BCUT2D eigenvalue weighted by molar-refractivity contribution is 8.00. The van der Waals surface area contributed by atoms with Gasteiger partial charge in [0.05, 0.1) is 13.7 Å². The Morgan fingerprint density at radius 3 is 2.67 bits per heavy atom. The second-order valence-electron chi connectivity index (χ2n) is 6.37. The first kappa shape index (κ1) is 15.2. The Bertz CT molecular complexity index is 460. The minimum Gasteiger partial charge on any atom is -0.497 e. The van der Waals surface area contributed by atoms with Crippen LogP contribution in [0.25, 0.3) is 0 Å². The lowest BCUT2D eigenvalue weighted by Gasteiger charge is -2.40. The summed E-state index contributed by atoms with van der Waals surface area (Å²) in [5.74, 6) is 0.906. The van der Waals surface area contributed by atoms with Crippen LogP contribution in [0, 0.1) is 0 Å². The molecule has 2 unspecified atom stereocenters. The minimum absolute atomic E-state index is 0.0381. The van der Waals surface area contributed by atoms with Gasteiger partial charge >= 0.3 is 0 Å². The minimum atomic E-state index is -0.0381. The lowest BCUT2D eigenvalue weighted by molar-refractivity contribution is 0.122. The van der Waals surface area contributed by atoms with Crippen molar-refractivity contribution in [2.24, 2.45) is 0 Å². The molecule has 0 saturated heterocycles. The Morgan fingerprint density at radius 1 is 1.29 bits per heavy atom. The molecule has 0 amide bonds. The van der Waals surface area contributed by atoms with Crippen molar-refractivity contribution in [3.8, 4) is 5.75 Å². The number of hydrogen-bond acceptors (Lipinski definition) is 4. The molecule has 0 spiro atoms. The molecule has 2 N–H and O–H groups in total. The quantitative estimate of drug-likeness (QED) is 0.847. The summed E-state index contributed by atoms with van der Waals surface area (Å²) in [7, 11) is 1.70. The maximum absolute atomic E-state index is 9.88. The SMILES string of the molecule is COc1ccc(SC2CCCC(CO)(NC3CC3)C2)cc1. The molecule has 116 valence electrons. The molecular weight excluding hydrogens is 282 g/mol. The summed E-state index contributed by atoms with van der Waals surface area (Å²) in [5.41, 5.74) is -0.0381. The highest BCUT2D eigenvalue weighted by Gasteiger charge is 2.39. The molecule has 0 heterocycles. The number of ether oxygens (including phenoxy) is 1. The zero-order chi connectivity index (χ0) is 14.7. The van der Waals surface area contributed by atoms with E-state index in [0.29, 0.717) is 11.3 Å². The van der Waals surface area contributed by atoms with E-state index in [0.717, 1.165) is 18.6 Å². The summed E-state index contributed by atoms with van der Waals surface area (Å²) in [6.07, 6.45) is 7.17. The summed E-state index contributed by atoms with van der Waals surface area (Å²) in [6.45, 7) is 0.267. The maximum Gasteiger partial charge on any atom is 0.118 e. The summed E-state index contributed by atoms with van der Waals surface area (Å²) in [5, 5.41) is 14.2. The third kappa shape index (κ3) is 3.93. The zero-order valence-electron chi connectivity index (χ0n) is 12.7. The van der Waals surface area contributed by atoms with Crippen LogP contribution in [0.3, 0.4) is 0 Å². The van der Waals surface area contributed by atoms with Crippen LogP contribution in [0.4, 0.5) is 0 Å². The van der Waals surface area contributed by atoms with Gasteiger partial charge in [-0.25, -0.2) is 0 Å². The molecule has 21 heavy (non-hydrogen) atoms. The number of aliphatic hydroxyl groups is 1. The molecule has 1 aromatic carbocycles. The van der Waals surface area contributed by atoms with Crippen molar-refractivity contribution in [2.45, 2.75) is 60.3 Å². The van der Waals surface area contributed by atoms with Gasteiger partial charge in [0.2, 0.25) is 0 Å². The van der Waals surface area contributed by atoms with Gasteiger partial charge < -0.3 is 15.2 Å². The van der Waals surface area contributed by atoms with E-state index in [4.69, 9.17) is 4.74 Å². The number of nitrogens with one attached hydrogen (secondary N) is 1. The van der Waals surface area contributed by atoms with Gasteiger partial charge in [0, 0.05) is 21.7 Å². The van der Waals surface area contributed by atoms with Gasteiger partial charge in [-0.05, 0) is 56.4 Å². The Kier molecular flexibility index (Phi) is 4.77. The Morgan fingerprint density at radius 2 is 2.05 bits per heavy atom. The smallest absolute Gasteiger partial charge is 0.118 e. The first-order valence-electron chi connectivity index (χ1n) is 7.92. The normalized spacial score (nSPS) is 29.3. The van der Waals surface area contributed by atoms with Crippen molar-refractivity contribution in [1.29, 1.82) is 0 Å². The van der Waals surface area contributed by atoms with E-state index in [1.54, 1.807) is 7.11 Å². The molecule has 0 radical (unpaired) electrons. The van der Waals surface area contributed by atoms with Crippen LogP contribution in [-0.2, 0) is 0 Å². The standard InChI is InChI=1S/C17H25NO2S/c1-20-14-6-8-15(9-7-14)21-16-3-2-10-17(11-16,12-19)18-13-4-5-13/h6-9,13,16,18-19H,2-5,10-12H2,1H3. The second-order valence-corrected chi connectivity index (χ2v) is 7.74. The molecule has 1 aromatic rings. The topological polar surface area (TPSA) is 41.5 Å². The van der Waals surface area contributed by atoms with Crippen LogP contribution in [0.2, 0.25) is 0 Å². The first-order chi connectivity index (χ1) is 10.2. The Hall–Kier alpha value is -0.710. The van der Waals surface area contributed by atoms with Gasteiger partial charge in [-0.3, -0.25) is 0 Å². The fraction of sp³-hybridized carbons (Fsp3) is 0.647. The average Bonchev–Trinajstić information content (AvgIpc) is 3.32. The predicted octanol–water partition coefficient (Wildman–Crippen LogP) is 3.21. The molecule has 0 bridgehead atoms. The molecule has 2 atom stereocenters. The second kappa shape index (κ2) is 6.59. The van der Waals surface area contributed by atoms with E-state index in [2.05, 4.69) is 17.4 Å². The number of benzene rings is 1. The largest absolute Gasteiger partial charge is 0.497 e. The molecule has 2 aliphatic rings. The average molecular weight is 307 g/mol. The molecule has 0 aliphatic heterocycles. The molecule has 3 nitrogen and oxygen atoms in total. The van der Waals surface area contributed by atoms with E-state index in [9.17, 15) is 5.11 Å². The first-order valence-corrected chi connectivity index (χ1v) is 8.80. The number of rotatable bonds is 6. The van der Waals surface area contributed by atoms with Gasteiger partial charge in [-0.15, -0.1) is 11.8 Å². The van der Waals surface area contributed by atoms with Crippen molar-refractivity contribution in [3.63, 3.8) is 0 Å². The van der Waals surface area contributed by atoms with Crippen LogP contribution in [0.1, 0.15) is 38.5 Å². The lowest BCUT2D eigenvalue weighted by atomic mass is 9.82. The molecule has 4 heteroatoms. The van der Waals surface area contributed by atoms with Gasteiger partial charge in [-0.1, -0.05) is 6.42 Å². The van der Waals surface area contributed by atoms with Crippen molar-refractivity contribution < 1.29 is 9.84 Å². The van der Waals surface area contributed by atoms with Gasteiger partial charge in [0.15, 0.2) is 0 Å². The van der Waals surface area contributed by atoms with Crippen molar-refractivity contribution >= 4 is 11.8 Å². The third-order valence-electron chi connectivity index (χ3n) is 4.55. The lowest BCUT2D eigenvalue weighted by Crippen LogP contribution is -2.53. The van der Waals surface area contributed by atoms with Gasteiger partial charge in [-0.2, -0.15) is 0 Å². The summed E-state index contributed by atoms with van der Waals surface area (Å²) in [4.78, 5) is 1.29. The maximum atomic E-state index is 9.88. The third-order valence-corrected chi connectivity index (χ3v) is 5.83. The zero-order valence-corrected chi connectivity index (χ0v) is 13.5. The van der Waals surface area contributed by atoms with Gasteiger partial charge in [0.25, 0.3) is 0 Å². The Labute approximate surface area is 131 Å². The molecule has 0 aromatic heterocycles. The summed E-state index contributed by atoms with van der Waals surface area (Å²) >= 11 is 1.94. The number of hydrogen-bond donors (Lipinski definition) is 2. The molecule has 2 aliphatic carbocycles. The van der Waals surface area contributed by atoms with Crippen molar-refractivity contribution in [1.82, 2.24) is 5.32 Å². The van der Waals surface area contributed by atoms with E-state index in [-0.39, 0.29) is 12.1 Å². The Balaban J connectivity index is 1.61. The van der Waals surface area contributed by atoms with E-state index in [1.807, 2.05) is 23.9 Å². The van der Waals surface area contributed by atoms with Crippen molar-refractivity contribution in [3.05, 3.63) is 24.3 Å². The van der Waals surface area contributed by atoms with Crippen LogP contribution >= 0.6 is 11.8 Å². The number of thioether (sulfide) groups is 1. The van der Waals surface area contributed by atoms with E-state index in [1.165, 1.54) is 30.6 Å². The summed E-state index contributed by atoms with van der Waals surface area (Å²) in [6, 6.07) is 8.96. The molecule has 3 rings (SSSR count). The summed E-state index contributed by atoms with van der Waals surface area (Å²) < 4.78 is 5.21. The predicted molar refractivity (Wildman–Crippen MR) is 87.1 cm³/mol.